The lowest BCUT2D eigenvalue weighted by Crippen LogP contribution is -2.36. The minimum Gasteiger partial charge on any atom is -0.378 e. The van der Waals surface area contributed by atoms with Crippen LogP contribution in [0.15, 0.2) is 48.7 Å². The van der Waals surface area contributed by atoms with Crippen molar-refractivity contribution in [1.29, 1.82) is 5.26 Å². The summed E-state index contributed by atoms with van der Waals surface area (Å²) in [4.78, 5) is 6.53. The number of rotatable bonds is 3. The highest BCUT2D eigenvalue weighted by Crippen LogP contribution is 2.20. The number of hydrogen-bond acceptors (Lipinski definition) is 4. The highest BCUT2D eigenvalue weighted by atomic mass is 16.5. The lowest BCUT2D eigenvalue weighted by atomic mass is 10.1. The fourth-order valence-electron chi connectivity index (χ4n) is 2.46. The average molecular weight is 291 g/mol. The van der Waals surface area contributed by atoms with Crippen LogP contribution < -0.4 is 4.90 Å². The van der Waals surface area contributed by atoms with Crippen LogP contribution in [0.1, 0.15) is 11.3 Å². The van der Waals surface area contributed by atoms with Crippen LogP contribution in [0.25, 0.3) is 11.6 Å². The number of hydrogen-bond donors (Lipinski definition) is 0. The molecule has 0 aliphatic carbocycles. The summed E-state index contributed by atoms with van der Waals surface area (Å²) in [5.74, 6) is 0. The number of anilines is 1. The Bertz CT molecular complexity index is 681. The molecule has 2 aromatic rings. The van der Waals surface area contributed by atoms with Gasteiger partial charge < -0.3 is 9.64 Å². The zero-order chi connectivity index (χ0) is 15.2. The van der Waals surface area contributed by atoms with Crippen LogP contribution in [-0.4, -0.2) is 31.3 Å². The largest absolute Gasteiger partial charge is 0.378 e. The van der Waals surface area contributed by atoms with Gasteiger partial charge in [-0.1, -0.05) is 18.2 Å². The Morgan fingerprint density at radius 1 is 1.14 bits per heavy atom. The molecule has 0 saturated carbocycles. The molecular formula is C18H17N3O. The molecule has 110 valence electrons. The molecule has 22 heavy (non-hydrogen) atoms. The lowest BCUT2D eigenvalue weighted by molar-refractivity contribution is 0.122. The molecule has 0 unspecified atom stereocenters. The van der Waals surface area contributed by atoms with Gasteiger partial charge in [0.25, 0.3) is 0 Å². The van der Waals surface area contributed by atoms with Gasteiger partial charge in [0.2, 0.25) is 0 Å². The van der Waals surface area contributed by atoms with E-state index in [0.29, 0.717) is 11.3 Å². The summed E-state index contributed by atoms with van der Waals surface area (Å²) in [7, 11) is 0. The summed E-state index contributed by atoms with van der Waals surface area (Å²) >= 11 is 0. The van der Waals surface area contributed by atoms with E-state index in [9.17, 15) is 5.26 Å². The topological polar surface area (TPSA) is 49.2 Å². The Kier molecular flexibility index (Phi) is 4.47. The fraction of sp³-hybridized carbons (Fsp3) is 0.222. The van der Waals surface area contributed by atoms with Crippen molar-refractivity contribution in [2.24, 2.45) is 0 Å². The first-order valence-corrected chi connectivity index (χ1v) is 7.33. The van der Waals surface area contributed by atoms with Crippen LogP contribution in [0.2, 0.25) is 0 Å². The van der Waals surface area contributed by atoms with Crippen molar-refractivity contribution in [3.8, 4) is 6.07 Å². The van der Waals surface area contributed by atoms with Crippen LogP contribution >= 0.6 is 0 Å². The van der Waals surface area contributed by atoms with E-state index >= 15 is 0 Å². The minimum atomic E-state index is 0.569. The highest BCUT2D eigenvalue weighted by molar-refractivity contribution is 5.88. The number of nitriles is 1. The third-order valence-corrected chi connectivity index (χ3v) is 3.64. The van der Waals surface area contributed by atoms with Crippen LogP contribution in [0.4, 0.5) is 5.69 Å². The van der Waals surface area contributed by atoms with Gasteiger partial charge in [-0.05, 0) is 35.9 Å². The molecule has 0 atom stereocenters. The highest BCUT2D eigenvalue weighted by Gasteiger charge is 2.10. The van der Waals surface area contributed by atoms with Crippen molar-refractivity contribution < 1.29 is 4.74 Å². The van der Waals surface area contributed by atoms with Crippen LogP contribution in [0.3, 0.4) is 0 Å². The van der Waals surface area contributed by atoms with Crippen molar-refractivity contribution in [3.05, 3.63) is 59.9 Å². The van der Waals surface area contributed by atoms with Gasteiger partial charge in [-0.2, -0.15) is 5.26 Å². The van der Waals surface area contributed by atoms with Gasteiger partial charge in [-0.3, -0.25) is 4.98 Å². The number of pyridine rings is 1. The first-order valence-electron chi connectivity index (χ1n) is 7.33. The SMILES string of the molecule is N#C/C(=C\c1ccc(N2CCOCC2)cc1)c1ccccn1. The van der Waals surface area contributed by atoms with E-state index in [4.69, 9.17) is 4.74 Å². The predicted molar refractivity (Wildman–Crippen MR) is 87.2 cm³/mol. The Morgan fingerprint density at radius 3 is 2.55 bits per heavy atom. The van der Waals surface area contributed by atoms with E-state index in [1.54, 1.807) is 6.20 Å². The number of aromatic nitrogens is 1. The lowest BCUT2D eigenvalue weighted by Gasteiger charge is -2.28. The standard InChI is InChI=1S/C18H17N3O/c19-14-16(18-3-1-2-8-20-18)13-15-4-6-17(7-5-15)21-9-11-22-12-10-21/h1-8,13H,9-12H2/b16-13+. The predicted octanol–water partition coefficient (Wildman–Crippen LogP) is 2.98. The fourth-order valence-corrected chi connectivity index (χ4v) is 2.46. The number of ether oxygens (including phenoxy) is 1. The molecule has 1 aliphatic rings. The first kappa shape index (κ1) is 14.3. The van der Waals surface area contributed by atoms with E-state index in [1.807, 2.05) is 36.4 Å². The maximum atomic E-state index is 9.32. The molecule has 3 rings (SSSR count). The third kappa shape index (κ3) is 3.33. The van der Waals surface area contributed by atoms with Crippen molar-refractivity contribution in [1.82, 2.24) is 4.98 Å². The summed E-state index contributed by atoms with van der Waals surface area (Å²) in [6, 6.07) is 16.0. The molecule has 1 fully saturated rings. The molecule has 4 nitrogen and oxygen atoms in total. The quantitative estimate of drug-likeness (QED) is 0.816. The second-order valence-corrected chi connectivity index (χ2v) is 5.08. The van der Waals surface area contributed by atoms with E-state index in [0.717, 1.165) is 31.9 Å². The molecule has 0 bridgehead atoms. The van der Waals surface area contributed by atoms with E-state index in [1.165, 1.54) is 5.69 Å². The molecule has 0 N–H and O–H groups in total. The second-order valence-electron chi connectivity index (χ2n) is 5.08. The maximum Gasteiger partial charge on any atom is 0.101 e. The summed E-state index contributed by atoms with van der Waals surface area (Å²) in [5.41, 5.74) is 3.46. The number of morpholine rings is 1. The average Bonchev–Trinajstić information content (AvgIpc) is 2.62. The van der Waals surface area contributed by atoms with Gasteiger partial charge >= 0.3 is 0 Å². The van der Waals surface area contributed by atoms with Crippen molar-refractivity contribution >= 4 is 17.3 Å². The van der Waals surface area contributed by atoms with Crippen LogP contribution in [-0.2, 0) is 4.74 Å². The molecule has 4 heteroatoms. The molecule has 0 amide bonds. The molecular weight excluding hydrogens is 274 g/mol. The van der Waals surface area contributed by atoms with E-state index in [2.05, 4.69) is 28.1 Å². The van der Waals surface area contributed by atoms with Gasteiger partial charge in [0.15, 0.2) is 0 Å². The Morgan fingerprint density at radius 2 is 1.91 bits per heavy atom. The molecule has 2 heterocycles. The molecule has 0 spiro atoms. The van der Waals surface area contributed by atoms with Gasteiger partial charge in [0.1, 0.15) is 6.07 Å². The van der Waals surface area contributed by atoms with Gasteiger partial charge in [0.05, 0.1) is 24.5 Å². The van der Waals surface area contributed by atoms with E-state index < -0.39 is 0 Å². The summed E-state index contributed by atoms with van der Waals surface area (Å²) in [6.07, 6.45) is 3.56. The summed E-state index contributed by atoms with van der Waals surface area (Å²) in [5, 5.41) is 9.32. The normalized spacial score (nSPS) is 15.4. The van der Waals surface area contributed by atoms with Crippen LogP contribution in [0, 0.1) is 11.3 Å². The van der Waals surface area contributed by atoms with Crippen LogP contribution in [0.5, 0.6) is 0 Å². The van der Waals surface area contributed by atoms with E-state index in [-0.39, 0.29) is 0 Å². The molecule has 1 saturated heterocycles. The molecule has 1 aromatic heterocycles. The Hall–Kier alpha value is -2.64. The Labute approximate surface area is 130 Å². The maximum absolute atomic E-state index is 9.32. The monoisotopic (exact) mass is 291 g/mol. The first-order chi connectivity index (χ1) is 10.9. The van der Waals surface area contributed by atoms with Gasteiger partial charge in [0, 0.05) is 25.0 Å². The van der Waals surface area contributed by atoms with Gasteiger partial charge in [-0.25, -0.2) is 0 Å². The van der Waals surface area contributed by atoms with Crippen molar-refractivity contribution in [2.45, 2.75) is 0 Å². The van der Waals surface area contributed by atoms with Gasteiger partial charge in [-0.15, -0.1) is 0 Å². The molecule has 1 aliphatic heterocycles. The minimum absolute atomic E-state index is 0.569. The zero-order valence-corrected chi connectivity index (χ0v) is 12.3. The summed E-state index contributed by atoms with van der Waals surface area (Å²) < 4.78 is 5.37. The smallest absolute Gasteiger partial charge is 0.101 e. The molecule has 1 aromatic carbocycles. The number of nitrogens with zero attached hydrogens (tertiary/aromatic N) is 3. The second kappa shape index (κ2) is 6.88. The third-order valence-electron chi connectivity index (χ3n) is 3.64. The van der Waals surface area contributed by atoms with Crippen molar-refractivity contribution in [3.63, 3.8) is 0 Å². The number of allylic oxidation sites excluding steroid dienone is 1. The number of benzene rings is 1. The molecule has 0 radical (unpaired) electrons. The summed E-state index contributed by atoms with van der Waals surface area (Å²) in [6.45, 7) is 3.40. The van der Waals surface area contributed by atoms with Crippen molar-refractivity contribution in [2.75, 3.05) is 31.2 Å². The zero-order valence-electron chi connectivity index (χ0n) is 12.3. The Balaban J connectivity index is 1.80.